The number of hydrogen-bond acceptors (Lipinski definition) is 2. The highest BCUT2D eigenvalue weighted by atomic mass is 79.9. The Morgan fingerprint density at radius 2 is 2.40 bits per heavy atom. The van der Waals surface area contributed by atoms with E-state index in [0.717, 1.165) is 16.5 Å². The fourth-order valence-electron chi connectivity index (χ4n) is 0.643. The number of aryl methyl sites for hydroxylation is 1. The molecule has 0 unspecified atom stereocenters. The quantitative estimate of drug-likeness (QED) is 0.648. The third-order valence-corrected chi connectivity index (χ3v) is 1.65. The maximum atomic E-state index is 10.3. The van der Waals surface area contributed by atoms with Crippen LogP contribution in [-0.2, 0) is 0 Å². The van der Waals surface area contributed by atoms with Crippen LogP contribution in [0.15, 0.2) is 16.7 Å². The van der Waals surface area contributed by atoms with Crippen LogP contribution in [0.5, 0.6) is 0 Å². The Bertz CT molecular complexity index is 260. The van der Waals surface area contributed by atoms with Gasteiger partial charge in [-0.25, -0.2) is 0 Å². The molecule has 0 saturated heterocycles. The fraction of sp³-hybridized carbons (Fsp3) is 0.143. The lowest BCUT2D eigenvalue weighted by atomic mass is 10.2. The Labute approximate surface area is 67.4 Å². The molecule has 1 heterocycles. The number of halogens is 1. The molecule has 1 aromatic rings. The first-order valence-electron chi connectivity index (χ1n) is 2.81. The van der Waals surface area contributed by atoms with Gasteiger partial charge >= 0.3 is 0 Å². The van der Waals surface area contributed by atoms with Crippen molar-refractivity contribution < 1.29 is 4.79 Å². The van der Waals surface area contributed by atoms with Crippen LogP contribution in [0, 0.1) is 6.92 Å². The Morgan fingerprint density at radius 3 is 2.90 bits per heavy atom. The average molecular weight is 200 g/mol. The van der Waals surface area contributed by atoms with Crippen LogP contribution in [0.3, 0.4) is 0 Å². The van der Waals surface area contributed by atoms with Gasteiger partial charge in [0.1, 0.15) is 0 Å². The van der Waals surface area contributed by atoms with E-state index >= 15 is 0 Å². The van der Waals surface area contributed by atoms with E-state index in [1.54, 1.807) is 19.2 Å². The van der Waals surface area contributed by atoms with Crippen molar-refractivity contribution in [2.75, 3.05) is 0 Å². The van der Waals surface area contributed by atoms with Gasteiger partial charge in [0.25, 0.3) is 0 Å². The molecule has 0 amide bonds. The summed E-state index contributed by atoms with van der Waals surface area (Å²) < 4.78 is 0.834. The van der Waals surface area contributed by atoms with Crippen LogP contribution in [0.4, 0.5) is 0 Å². The number of pyridine rings is 1. The van der Waals surface area contributed by atoms with Crippen LogP contribution in [-0.4, -0.2) is 11.3 Å². The third-order valence-electron chi connectivity index (χ3n) is 1.22. The normalized spacial score (nSPS) is 9.40. The Hall–Kier alpha value is -0.700. The second-order valence-electron chi connectivity index (χ2n) is 1.95. The molecule has 0 radical (unpaired) electrons. The molecule has 1 aromatic heterocycles. The van der Waals surface area contributed by atoms with Crippen molar-refractivity contribution in [2.24, 2.45) is 0 Å². The number of carbonyl (C=O) groups is 1. The Balaban J connectivity index is 3.21. The summed E-state index contributed by atoms with van der Waals surface area (Å²) in [5.74, 6) is 0. The lowest BCUT2D eigenvalue weighted by molar-refractivity contribution is 0.112. The molecule has 0 spiro atoms. The van der Waals surface area contributed by atoms with E-state index in [9.17, 15) is 4.79 Å². The van der Waals surface area contributed by atoms with Crippen LogP contribution < -0.4 is 0 Å². The van der Waals surface area contributed by atoms with Crippen molar-refractivity contribution in [1.29, 1.82) is 0 Å². The van der Waals surface area contributed by atoms with Crippen molar-refractivity contribution in [2.45, 2.75) is 6.92 Å². The highest BCUT2D eigenvalue weighted by molar-refractivity contribution is 9.10. The van der Waals surface area contributed by atoms with Crippen molar-refractivity contribution in [3.05, 3.63) is 28.0 Å². The minimum atomic E-state index is 0.634. The van der Waals surface area contributed by atoms with Crippen LogP contribution in [0.1, 0.15) is 16.1 Å². The monoisotopic (exact) mass is 199 g/mol. The number of nitrogens with zero attached hydrogens (tertiary/aromatic N) is 1. The topological polar surface area (TPSA) is 30.0 Å². The molecule has 3 heteroatoms. The highest BCUT2D eigenvalue weighted by Crippen LogP contribution is 2.10. The van der Waals surface area contributed by atoms with Crippen LogP contribution in [0.25, 0.3) is 0 Å². The van der Waals surface area contributed by atoms with Gasteiger partial charge in [-0.05, 0) is 28.9 Å². The first kappa shape index (κ1) is 7.41. The minimum Gasteiger partial charge on any atom is -0.298 e. The molecule has 0 aliphatic heterocycles. The molecular formula is C7H6BrNO. The molecule has 0 bridgehead atoms. The second kappa shape index (κ2) is 2.92. The SMILES string of the molecule is Cc1ncc(Br)cc1C=O. The molecule has 10 heavy (non-hydrogen) atoms. The third kappa shape index (κ3) is 1.42. The summed E-state index contributed by atoms with van der Waals surface area (Å²) in [6.07, 6.45) is 2.47. The second-order valence-corrected chi connectivity index (χ2v) is 2.86. The van der Waals surface area contributed by atoms with Crippen LogP contribution >= 0.6 is 15.9 Å². The standard InChI is InChI=1S/C7H6BrNO/c1-5-6(4-10)2-7(8)3-9-5/h2-4H,1H3. The van der Waals surface area contributed by atoms with Gasteiger partial charge in [-0.15, -0.1) is 0 Å². The largest absolute Gasteiger partial charge is 0.298 e. The minimum absolute atomic E-state index is 0.634. The molecule has 0 N–H and O–H groups in total. The van der Waals surface area contributed by atoms with E-state index in [0.29, 0.717) is 5.56 Å². The molecule has 0 aliphatic rings. The fourth-order valence-corrected chi connectivity index (χ4v) is 0.992. The highest BCUT2D eigenvalue weighted by Gasteiger charge is 1.96. The first-order chi connectivity index (χ1) is 4.74. The maximum Gasteiger partial charge on any atom is 0.151 e. The molecular weight excluding hydrogens is 194 g/mol. The van der Waals surface area contributed by atoms with Gasteiger partial charge in [-0.3, -0.25) is 9.78 Å². The van der Waals surface area contributed by atoms with E-state index in [1.165, 1.54) is 0 Å². The zero-order valence-electron chi connectivity index (χ0n) is 5.47. The molecule has 0 fully saturated rings. The zero-order valence-corrected chi connectivity index (χ0v) is 7.05. The van der Waals surface area contributed by atoms with Gasteiger partial charge in [0, 0.05) is 21.9 Å². The lowest BCUT2D eigenvalue weighted by Gasteiger charge is -1.95. The number of carbonyl (C=O) groups excluding carboxylic acids is 1. The van der Waals surface area contributed by atoms with Gasteiger partial charge < -0.3 is 0 Å². The van der Waals surface area contributed by atoms with E-state index in [4.69, 9.17) is 0 Å². The number of aldehydes is 1. The summed E-state index contributed by atoms with van der Waals surface area (Å²) in [5, 5.41) is 0. The van der Waals surface area contributed by atoms with E-state index in [-0.39, 0.29) is 0 Å². The molecule has 2 nitrogen and oxygen atoms in total. The number of rotatable bonds is 1. The Kier molecular flexibility index (Phi) is 2.17. The number of hydrogen-bond donors (Lipinski definition) is 0. The average Bonchev–Trinajstić information content (AvgIpc) is 1.94. The smallest absolute Gasteiger partial charge is 0.151 e. The van der Waals surface area contributed by atoms with Crippen molar-refractivity contribution in [3.63, 3.8) is 0 Å². The van der Waals surface area contributed by atoms with E-state index in [2.05, 4.69) is 20.9 Å². The Morgan fingerprint density at radius 1 is 1.70 bits per heavy atom. The van der Waals surface area contributed by atoms with Gasteiger partial charge in [0.15, 0.2) is 6.29 Å². The van der Waals surface area contributed by atoms with Gasteiger partial charge in [-0.2, -0.15) is 0 Å². The summed E-state index contributed by atoms with van der Waals surface area (Å²) in [5.41, 5.74) is 1.40. The summed E-state index contributed by atoms with van der Waals surface area (Å²) >= 11 is 3.22. The molecule has 0 saturated carbocycles. The van der Waals surface area contributed by atoms with Gasteiger partial charge in [0.2, 0.25) is 0 Å². The molecule has 0 aromatic carbocycles. The predicted octanol–water partition coefficient (Wildman–Crippen LogP) is 1.97. The summed E-state index contributed by atoms with van der Waals surface area (Å²) in [6.45, 7) is 1.80. The maximum absolute atomic E-state index is 10.3. The predicted molar refractivity (Wildman–Crippen MR) is 42.1 cm³/mol. The molecule has 0 aliphatic carbocycles. The summed E-state index contributed by atoms with van der Waals surface area (Å²) in [4.78, 5) is 14.3. The van der Waals surface area contributed by atoms with Crippen molar-refractivity contribution in [1.82, 2.24) is 4.98 Å². The van der Waals surface area contributed by atoms with Gasteiger partial charge in [0.05, 0.1) is 0 Å². The lowest BCUT2D eigenvalue weighted by Crippen LogP contribution is -1.88. The van der Waals surface area contributed by atoms with Crippen molar-refractivity contribution in [3.8, 4) is 0 Å². The summed E-state index contributed by atoms with van der Waals surface area (Å²) in [6, 6.07) is 1.75. The first-order valence-corrected chi connectivity index (χ1v) is 3.60. The molecule has 1 rings (SSSR count). The number of aromatic nitrogens is 1. The molecule has 0 atom stereocenters. The summed E-state index contributed by atoms with van der Waals surface area (Å²) in [7, 11) is 0. The van der Waals surface area contributed by atoms with Crippen molar-refractivity contribution >= 4 is 22.2 Å². The zero-order chi connectivity index (χ0) is 7.56. The van der Waals surface area contributed by atoms with Gasteiger partial charge in [-0.1, -0.05) is 0 Å². The molecule has 52 valence electrons. The van der Waals surface area contributed by atoms with Crippen LogP contribution in [0.2, 0.25) is 0 Å². The van der Waals surface area contributed by atoms with E-state index in [1.807, 2.05) is 0 Å². The van der Waals surface area contributed by atoms with E-state index < -0.39 is 0 Å².